The smallest absolute Gasteiger partial charge is 0.212 e. The molecule has 1 aliphatic heterocycles. The Labute approximate surface area is 193 Å². The van der Waals surface area contributed by atoms with Crippen molar-refractivity contribution in [2.45, 2.75) is 42.8 Å². The Hall–Kier alpha value is -0.780. The fraction of sp³-hybridized carbons (Fsp3) is 0.478. The molecule has 0 N–H and O–H groups in total. The van der Waals surface area contributed by atoms with E-state index < -0.39 is 10.0 Å². The average molecular weight is 485 g/mol. The molecule has 0 aromatic heterocycles. The summed E-state index contributed by atoms with van der Waals surface area (Å²) in [5, 5.41) is 1.86. The Bertz CT molecular complexity index is 1050. The highest BCUT2D eigenvalue weighted by atomic mass is 35.5. The summed E-state index contributed by atoms with van der Waals surface area (Å²) in [5.74, 6) is 1.06. The van der Waals surface area contributed by atoms with Crippen molar-refractivity contribution >= 4 is 44.8 Å². The maximum absolute atomic E-state index is 12.9. The fourth-order valence-electron chi connectivity index (χ4n) is 5.54. The first-order chi connectivity index (χ1) is 14.3. The summed E-state index contributed by atoms with van der Waals surface area (Å²) in [6.07, 6.45) is 3.60. The van der Waals surface area contributed by atoms with Crippen molar-refractivity contribution in [2.75, 3.05) is 13.1 Å². The normalized spacial score (nSPS) is 29.7. The minimum absolute atomic E-state index is 0.159. The molecule has 0 radical (unpaired) electrons. The van der Waals surface area contributed by atoms with E-state index in [-0.39, 0.29) is 23.0 Å². The molecule has 3 aliphatic rings. The Morgan fingerprint density at radius 3 is 2.20 bits per heavy atom. The molecule has 5 rings (SSSR count). The second kappa shape index (κ2) is 7.97. The van der Waals surface area contributed by atoms with Crippen LogP contribution in [0.4, 0.5) is 0 Å². The zero-order valence-corrected chi connectivity index (χ0v) is 19.6. The summed E-state index contributed by atoms with van der Waals surface area (Å²) in [4.78, 5) is 0. The molecule has 4 unspecified atom stereocenters. The summed E-state index contributed by atoms with van der Waals surface area (Å²) in [6.45, 7) is 1.24. The van der Waals surface area contributed by atoms with Gasteiger partial charge in [-0.25, -0.2) is 12.7 Å². The van der Waals surface area contributed by atoms with Crippen LogP contribution >= 0.6 is 34.8 Å². The zero-order valence-electron chi connectivity index (χ0n) is 16.5. The molecule has 0 spiro atoms. The van der Waals surface area contributed by atoms with E-state index in [0.717, 1.165) is 31.2 Å². The molecule has 3 nitrogen and oxygen atoms in total. The molecule has 0 amide bonds. The molecular weight excluding hydrogens is 461 g/mol. The summed E-state index contributed by atoms with van der Waals surface area (Å²) < 4.78 is 27.7. The largest absolute Gasteiger partial charge is 0.217 e. The second-order valence-corrected chi connectivity index (χ2v) is 12.4. The van der Waals surface area contributed by atoms with E-state index in [2.05, 4.69) is 12.1 Å². The summed E-state index contributed by atoms with van der Waals surface area (Å²) >= 11 is 18.9. The molecule has 2 aromatic carbocycles. The van der Waals surface area contributed by atoms with Crippen molar-refractivity contribution in [3.63, 3.8) is 0 Å². The zero-order chi connectivity index (χ0) is 21.0. The number of sulfonamides is 1. The molecule has 2 saturated carbocycles. The number of hydrogen-bond acceptors (Lipinski definition) is 2. The van der Waals surface area contributed by atoms with Gasteiger partial charge in [-0.1, -0.05) is 53.0 Å². The number of fused-ring (bicyclic) bond motifs is 1. The molecule has 0 bridgehead atoms. The highest BCUT2D eigenvalue weighted by Crippen LogP contribution is 2.54. The van der Waals surface area contributed by atoms with E-state index >= 15 is 0 Å². The van der Waals surface area contributed by atoms with E-state index in [1.165, 1.54) is 5.56 Å². The quantitative estimate of drug-likeness (QED) is 0.507. The summed E-state index contributed by atoms with van der Waals surface area (Å²) in [6, 6.07) is 13.8. The molecule has 1 saturated heterocycles. The number of rotatable bonds is 4. The molecular formula is C23H24Cl3NO2S. The molecule has 30 heavy (non-hydrogen) atoms. The topological polar surface area (TPSA) is 37.4 Å². The summed E-state index contributed by atoms with van der Waals surface area (Å²) in [7, 11) is -3.16. The van der Waals surface area contributed by atoms with Crippen LogP contribution in [0.3, 0.4) is 0 Å². The van der Waals surface area contributed by atoms with Crippen LogP contribution in [0.1, 0.15) is 48.6 Å². The van der Waals surface area contributed by atoms with Gasteiger partial charge in [0, 0.05) is 28.2 Å². The maximum Gasteiger partial charge on any atom is 0.217 e. The third-order valence-corrected chi connectivity index (χ3v) is 10.3. The van der Waals surface area contributed by atoms with Crippen molar-refractivity contribution in [3.8, 4) is 0 Å². The van der Waals surface area contributed by atoms with Gasteiger partial charge in [0.05, 0.1) is 5.25 Å². The average Bonchev–Trinajstić information content (AvgIpc) is 3.48. The van der Waals surface area contributed by atoms with Crippen molar-refractivity contribution < 1.29 is 8.42 Å². The number of benzene rings is 2. The SMILES string of the molecule is O=S(=O)(C1CC1)N1CC2CCC(c3ccc(Cl)cc3Cl)C(c3ccc(Cl)cc3)C2C1. The van der Waals surface area contributed by atoms with Crippen LogP contribution in [0.15, 0.2) is 42.5 Å². The molecule has 2 aromatic rings. The lowest BCUT2D eigenvalue weighted by Crippen LogP contribution is -2.33. The van der Waals surface area contributed by atoms with Gasteiger partial charge in [0.25, 0.3) is 0 Å². The molecule has 160 valence electrons. The molecule has 2 aliphatic carbocycles. The first kappa shape index (κ1) is 21.1. The third kappa shape index (κ3) is 3.80. The lowest BCUT2D eigenvalue weighted by Gasteiger charge is -2.40. The Balaban J connectivity index is 1.53. The number of halogens is 3. The van der Waals surface area contributed by atoms with E-state index in [4.69, 9.17) is 34.8 Å². The summed E-state index contributed by atoms with van der Waals surface area (Å²) in [5.41, 5.74) is 2.30. The first-order valence-corrected chi connectivity index (χ1v) is 13.2. The second-order valence-electron chi connectivity index (χ2n) is 8.91. The molecule has 4 atom stereocenters. The molecule has 1 heterocycles. The van der Waals surface area contributed by atoms with Gasteiger partial charge in [0.1, 0.15) is 0 Å². The molecule has 7 heteroatoms. The lowest BCUT2D eigenvalue weighted by atomic mass is 9.63. The monoisotopic (exact) mass is 483 g/mol. The lowest BCUT2D eigenvalue weighted by molar-refractivity contribution is 0.228. The third-order valence-electron chi connectivity index (χ3n) is 7.12. The van der Waals surface area contributed by atoms with Gasteiger partial charge >= 0.3 is 0 Å². The van der Waals surface area contributed by atoms with Crippen molar-refractivity contribution in [3.05, 3.63) is 68.7 Å². The molecule has 3 fully saturated rings. The van der Waals surface area contributed by atoms with Gasteiger partial charge in [0.2, 0.25) is 10.0 Å². The highest BCUT2D eigenvalue weighted by Gasteiger charge is 2.51. The van der Waals surface area contributed by atoms with E-state index in [1.807, 2.05) is 30.3 Å². The van der Waals surface area contributed by atoms with Crippen LogP contribution in [-0.2, 0) is 10.0 Å². The van der Waals surface area contributed by atoms with E-state index in [1.54, 1.807) is 4.31 Å². The highest BCUT2D eigenvalue weighted by molar-refractivity contribution is 7.90. The van der Waals surface area contributed by atoms with Crippen LogP contribution < -0.4 is 0 Å². The van der Waals surface area contributed by atoms with Gasteiger partial charge in [-0.3, -0.25) is 0 Å². The Morgan fingerprint density at radius 2 is 1.53 bits per heavy atom. The van der Waals surface area contributed by atoms with E-state index in [9.17, 15) is 8.42 Å². The standard InChI is InChI=1S/C23H24Cl3NO2S/c24-16-4-1-14(2-5-16)23-20(19-10-6-17(25)11-22(19)26)9-3-15-12-27(13-21(15)23)30(28,29)18-7-8-18/h1-2,4-6,10-11,15,18,20-21,23H,3,7-9,12-13H2. The number of nitrogens with zero attached hydrogens (tertiary/aromatic N) is 1. The predicted octanol–water partition coefficient (Wildman–Crippen LogP) is 6.35. The van der Waals surface area contributed by atoms with Crippen molar-refractivity contribution in [1.82, 2.24) is 4.31 Å². The Kier molecular flexibility index (Phi) is 5.60. The first-order valence-electron chi connectivity index (χ1n) is 10.5. The van der Waals surface area contributed by atoms with Gasteiger partial charge in [-0.2, -0.15) is 0 Å². The van der Waals surface area contributed by atoms with Crippen LogP contribution in [0.5, 0.6) is 0 Å². The van der Waals surface area contributed by atoms with Crippen molar-refractivity contribution in [1.29, 1.82) is 0 Å². The van der Waals surface area contributed by atoms with Gasteiger partial charge in [-0.05, 0) is 84.7 Å². The van der Waals surface area contributed by atoms with Gasteiger partial charge in [-0.15, -0.1) is 0 Å². The van der Waals surface area contributed by atoms with E-state index in [0.29, 0.717) is 34.1 Å². The van der Waals surface area contributed by atoms with Crippen LogP contribution in [0.2, 0.25) is 15.1 Å². The fourth-order valence-corrected chi connectivity index (χ4v) is 8.15. The van der Waals surface area contributed by atoms with Crippen LogP contribution in [0.25, 0.3) is 0 Å². The minimum atomic E-state index is -3.16. The predicted molar refractivity (Wildman–Crippen MR) is 123 cm³/mol. The van der Waals surface area contributed by atoms with Gasteiger partial charge in [0.15, 0.2) is 0 Å². The van der Waals surface area contributed by atoms with Gasteiger partial charge < -0.3 is 0 Å². The van der Waals surface area contributed by atoms with Crippen LogP contribution in [0, 0.1) is 11.8 Å². The maximum atomic E-state index is 12.9. The number of hydrogen-bond donors (Lipinski definition) is 0. The minimum Gasteiger partial charge on any atom is -0.212 e. The Morgan fingerprint density at radius 1 is 0.833 bits per heavy atom. The van der Waals surface area contributed by atoms with Crippen LogP contribution in [-0.4, -0.2) is 31.1 Å². The van der Waals surface area contributed by atoms with Crippen molar-refractivity contribution in [2.24, 2.45) is 11.8 Å².